The Hall–Kier alpha value is -5.21. The van der Waals surface area contributed by atoms with Gasteiger partial charge in [0.2, 0.25) is 0 Å². The molecular formula is C39H32O2. The Morgan fingerprint density at radius 1 is 0.488 bits per heavy atom. The quantitative estimate of drug-likeness (QED) is 0.0818. The molecule has 0 bridgehead atoms. The van der Waals surface area contributed by atoms with Gasteiger partial charge >= 0.3 is 5.97 Å². The maximum Gasteiger partial charge on any atom is 0.330 e. The van der Waals surface area contributed by atoms with Crippen LogP contribution in [0.3, 0.4) is 0 Å². The highest BCUT2D eigenvalue weighted by Crippen LogP contribution is 2.44. The van der Waals surface area contributed by atoms with Gasteiger partial charge < -0.3 is 4.74 Å². The lowest BCUT2D eigenvalue weighted by molar-refractivity contribution is -0.137. The molecule has 0 aromatic heterocycles. The summed E-state index contributed by atoms with van der Waals surface area (Å²) in [5.41, 5.74) is 9.45. The van der Waals surface area contributed by atoms with Crippen LogP contribution < -0.4 is 0 Å². The van der Waals surface area contributed by atoms with E-state index >= 15 is 0 Å². The largest absolute Gasteiger partial charge is 0.463 e. The summed E-state index contributed by atoms with van der Waals surface area (Å²) < 4.78 is 5.28. The first-order chi connectivity index (χ1) is 20.3. The van der Waals surface area contributed by atoms with Crippen LogP contribution in [0.1, 0.15) is 34.7 Å². The number of carbonyl (C=O) groups excluding carboxylic acids is 1. The van der Waals surface area contributed by atoms with Crippen LogP contribution in [-0.4, -0.2) is 12.6 Å². The van der Waals surface area contributed by atoms with E-state index in [0.717, 1.165) is 50.1 Å². The minimum absolute atomic E-state index is 0.320. The van der Waals surface area contributed by atoms with E-state index < -0.39 is 0 Å². The van der Waals surface area contributed by atoms with Crippen molar-refractivity contribution in [1.82, 2.24) is 0 Å². The average molecular weight is 533 g/mol. The van der Waals surface area contributed by atoms with Crippen molar-refractivity contribution in [1.29, 1.82) is 0 Å². The lowest BCUT2D eigenvalue weighted by atomic mass is 9.80. The average Bonchev–Trinajstić information content (AvgIpc) is 3.04. The number of benzene rings is 5. The molecular weight excluding hydrogens is 500 g/mol. The van der Waals surface area contributed by atoms with Crippen molar-refractivity contribution < 1.29 is 9.53 Å². The number of esters is 1. The van der Waals surface area contributed by atoms with Crippen molar-refractivity contribution in [3.05, 3.63) is 192 Å². The summed E-state index contributed by atoms with van der Waals surface area (Å²) >= 11 is 0. The van der Waals surface area contributed by atoms with E-state index in [1.165, 1.54) is 6.08 Å². The molecule has 2 heteroatoms. The Labute approximate surface area is 242 Å². The Morgan fingerprint density at radius 2 is 0.854 bits per heavy atom. The fraction of sp³-hybridized carbons (Fsp3) is 0.0513. The lowest BCUT2D eigenvalue weighted by Gasteiger charge is -2.23. The molecule has 5 aromatic carbocycles. The van der Waals surface area contributed by atoms with E-state index in [4.69, 9.17) is 4.74 Å². The van der Waals surface area contributed by atoms with Gasteiger partial charge in [-0.2, -0.15) is 0 Å². The van der Waals surface area contributed by atoms with Crippen molar-refractivity contribution in [2.24, 2.45) is 0 Å². The first-order valence-corrected chi connectivity index (χ1v) is 13.9. The zero-order chi connectivity index (χ0) is 28.3. The van der Waals surface area contributed by atoms with Crippen molar-refractivity contribution in [3.63, 3.8) is 0 Å². The fourth-order valence-electron chi connectivity index (χ4n) is 5.01. The second-order valence-electron chi connectivity index (χ2n) is 9.45. The predicted octanol–water partition coefficient (Wildman–Crippen LogP) is 9.38. The summed E-state index contributed by atoms with van der Waals surface area (Å²) in [5.74, 6) is -0.370. The number of allylic oxidation sites excluding steroid dienone is 4. The van der Waals surface area contributed by atoms with Crippen molar-refractivity contribution in [2.75, 3.05) is 6.61 Å². The number of hydrogen-bond acceptors (Lipinski definition) is 2. The number of hydrogen-bond donors (Lipinski definition) is 0. The summed E-state index contributed by atoms with van der Waals surface area (Å²) in [7, 11) is 0. The van der Waals surface area contributed by atoms with Gasteiger partial charge in [0.25, 0.3) is 0 Å². The SMILES string of the molecule is CCOC(=O)/C=C/C(=C(\C(=C(c1ccccc1)c1ccccc1)c1ccccc1)c1ccccc1)c1ccccc1. The van der Waals surface area contributed by atoms with E-state index in [-0.39, 0.29) is 5.97 Å². The summed E-state index contributed by atoms with van der Waals surface area (Å²) in [6.45, 7) is 2.14. The van der Waals surface area contributed by atoms with Gasteiger partial charge in [0.15, 0.2) is 0 Å². The van der Waals surface area contributed by atoms with Gasteiger partial charge in [-0.25, -0.2) is 4.79 Å². The van der Waals surface area contributed by atoms with Gasteiger partial charge in [0.1, 0.15) is 0 Å². The highest BCUT2D eigenvalue weighted by molar-refractivity contribution is 6.25. The van der Waals surface area contributed by atoms with E-state index in [1.54, 1.807) is 0 Å². The first kappa shape index (κ1) is 27.4. The maximum atomic E-state index is 12.6. The molecule has 0 atom stereocenters. The van der Waals surface area contributed by atoms with E-state index in [1.807, 2.05) is 55.5 Å². The van der Waals surface area contributed by atoms with E-state index in [2.05, 4.69) is 109 Å². The van der Waals surface area contributed by atoms with Crippen LogP contribution >= 0.6 is 0 Å². The van der Waals surface area contributed by atoms with Gasteiger partial charge in [-0.1, -0.05) is 152 Å². The van der Waals surface area contributed by atoms with Gasteiger partial charge in [0.05, 0.1) is 6.61 Å². The summed E-state index contributed by atoms with van der Waals surface area (Å²) in [6.07, 6.45) is 3.42. The lowest BCUT2D eigenvalue weighted by Crippen LogP contribution is -2.02. The Kier molecular flexibility index (Phi) is 9.16. The highest BCUT2D eigenvalue weighted by atomic mass is 16.5. The van der Waals surface area contributed by atoms with Crippen molar-refractivity contribution in [3.8, 4) is 0 Å². The molecule has 0 aliphatic heterocycles. The molecule has 0 N–H and O–H groups in total. The molecule has 0 saturated heterocycles. The maximum absolute atomic E-state index is 12.6. The monoisotopic (exact) mass is 532 g/mol. The molecule has 41 heavy (non-hydrogen) atoms. The van der Waals surface area contributed by atoms with Crippen LogP contribution in [0, 0.1) is 0 Å². The van der Waals surface area contributed by atoms with Crippen molar-refractivity contribution in [2.45, 2.75) is 6.92 Å². The topological polar surface area (TPSA) is 26.3 Å². The van der Waals surface area contributed by atoms with Gasteiger partial charge in [-0.3, -0.25) is 0 Å². The third-order valence-corrected chi connectivity index (χ3v) is 6.78. The normalized spacial score (nSPS) is 11.5. The van der Waals surface area contributed by atoms with Crippen LogP contribution in [-0.2, 0) is 9.53 Å². The van der Waals surface area contributed by atoms with Crippen LogP contribution in [0.4, 0.5) is 0 Å². The molecule has 0 aliphatic rings. The molecule has 200 valence electrons. The zero-order valence-electron chi connectivity index (χ0n) is 23.1. The fourth-order valence-corrected chi connectivity index (χ4v) is 5.01. The number of ether oxygens (including phenoxy) is 1. The second kappa shape index (κ2) is 13.7. The third kappa shape index (κ3) is 6.69. The molecule has 0 radical (unpaired) electrons. The molecule has 2 nitrogen and oxygen atoms in total. The Balaban J connectivity index is 1.99. The molecule has 0 unspecified atom stereocenters. The highest BCUT2D eigenvalue weighted by Gasteiger charge is 2.22. The van der Waals surface area contributed by atoms with Gasteiger partial charge in [-0.15, -0.1) is 0 Å². The molecule has 0 aliphatic carbocycles. The molecule has 0 heterocycles. The molecule has 0 spiro atoms. The van der Waals surface area contributed by atoms with Gasteiger partial charge in [0, 0.05) is 6.08 Å². The standard InChI is InChI=1S/C39H32O2/c1-2-41-36(40)29-28-35(30-18-8-3-9-19-30)38(33-24-14-6-15-25-33)39(34-26-16-7-17-27-34)37(31-20-10-4-11-21-31)32-22-12-5-13-23-32/h3-29H,2H2,1H3/b29-28+,38-35+. The summed E-state index contributed by atoms with van der Waals surface area (Å²) in [5, 5.41) is 0. The number of rotatable bonds is 9. The van der Waals surface area contributed by atoms with Crippen molar-refractivity contribution >= 4 is 28.3 Å². The van der Waals surface area contributed by atoms with Crippen LogP contribution in [0.2, 0.25) is 0 Å². The molecule has 0 saturated carbocycles. The summed E-state index contributed by atoms with van der Waals surface area (Å²) in [6, 6.07) is 52.1. The van der Waals surface area contributed by atoms with Gasteiger partial charge in [-0.05, 0) is 63.1 Å². The Morgan fingerprint density at radius 3 is 1.27 bits per heavy atom. The van der Waals surface area contributed by atoms with Crippen LogP contribution in [0.15, 0.2) is 164 Å². The van der Waals surface area contributed by atoms with Crippen LogP contribution in [0.25, 0.3) is 22.3 Å². The predicted molar refractivity (Wildman–Crippen MR) is 171 cm³/mol. The molecule has 5 aromatic rings. The molecule has 0 amide bonds. The first-order valence-electron chi connectivity index (χ1n) is 13.9. The van der Waals surface area contributed by atoms with Crippen LogP contribution in [0.5, 0.6) is 0 Å². The number of carbonyl (C=O) groups is 1. The molecule has 5 rings (SSSR count). The Bertz CT molecular complexity index is 1610. The zero-order valence-corrected chi connectivity index (χ0v) is 23.1. The van der Waals surface area contributed by atoms with E-state index in [0.29, 0.717) is 6.61 Å². The second-order valence-corrected chi connectivity index (χ2v) is 9.45. The summed E-state index contributed by atoms with van der Waals surface area (Å²) in [4.78, 5) is 12.6. The van der Waals surface area contributed by atoms with E-state index in [9.17, 15) is 4.79 Å². The minimum atomic E-state index is -0.370. The third-order valence-electron chi connectivity index (χ3n) is 6.78. The minimum Gasteiger partial charge on any atom is -0.463 e. The smallest absolute Gasteiger partial charge is 0.330 e. The molecule has 0 fully saturated rings.